The van der Waals surface area contributed by atoms with Crippen molar-refractivity contribution in [2.75, 3.05) is 18.4 Å². The van der Waals surface area contributed by atoms with Gasteiger partial charge >= 0.3 is 0 Å². The summed E-state index contributed by atoms with van der Waals surface area (Å²) in [6.07, 6.45) is 1.13. The number of Topliss-reactive ketones (excluding diaryl/α,β-unsaturated/α-hetero) is 1. The minimum absolute atomic E-state index is 0.0378. The summed E-state index contributed by atoms with van der Waals surface area (Å²) in [5.74, 6) is -1.15. The van der Waals surface area contributed by atoms with E-state index in [1.165, 1.54) is 21.9 Å². The fourth-order valence-corrected chi connectivity index (χ4v) is 6.81. The maximum absolute atomic E-state index is 13.1. The molecule has 2 aromatic carbocycles. The molecule has 0 unspecified atom stereocenters. The third kappa shape index (κ3) is 7.08. The Hall–Kier alpha value is -3.26. The number of thioether (sulfide) groups is 2. The number of nitrogens with one attached hydrogen (secondary N) is 1. The first-order chi connectivity index (χ1) is 19.2. The molecule has 0 radical (unpaired) electrons. The van der Waals surface area contributed by atoms with Crippen LogP contribution in [0.5, 0.6) is 11.5 Å². The third-order valence-corrected chi connectivity index (χ3v) is 9.11. The molecule has 9 nitrogen and oxygen atoms in total. The summed E-state index contributed by atoms with van der Waals surface area (Å²) < 4.78 is 0.598. The lowest BCUT2D eigenvalue weighted by atomic mass is 10.0. The number of phenolic OH excluding ortho intramolecular Hbond substituents is 2. The summed E-state index contributed by atoms with van der Waals surface area (Å²) in [7, 11) is 0. The van der Waals surface area contributed by atoms with Crippen LogP contribution >= 0.6 is 48.0 Å². The van der Waals surface area contributed by atoms with Gasteiger partial charge in [0.05, 0.1) is 15.5 Å². The third-order valence-electron chi connectivity index (χ3n) is 6.08. The number of hydrogen-bond acceptors (Lipinski definition) is 10. The van der Waals surface area contributed by atoms with Crippen LogP contribution in [0.15, 0.2) is 58.3 Å². The molecule has 0 aliphatic carbocycles. The Kier molecular flexibility index (Phi) is 9.95. The van der Waals surface area contributed by atoms with E-state index in [0.29, 0.717) is 32.7 Å². The maximum Gasteiger partial charge on any atom is 0.267 e. The van der Waals surface area contributed by atoms with E-state index in [-0.39, 0.29) is 65.4 Å². The number of nitrogens with zero attached hydrogens (tertiary/aromatic N) is 2. The van der Waals surface area contributed by atoms with Crippen LogP contribution in [0.3, 0.4) is 0 Å². The van der Waals surface area contributed by atoms with Crippen LogP contribution in [0.4, 0.5) is 5.69 Å². The minimum Gasteiger partial charge on any atom is -0.508 e. The Balaban J connectivity index is 1.28. The highest BCUT2D eigenvalue weighted by Gasteiger charge is 2.41. The van der Waals surface area contributed by atoms with Gasteiger partial charge in [-0.05, 0) is 31.0 Å². The van der Waals surface area contributed by atoms with Crippen molar-refractivity contribution in [2.45, 2.75) is 32.1 Å². The number of thiocarbonyl (C=S) groups is 2. The number of phenols is 2. The second-order valence-electron chi connectivity index (χ2n) is 8.92. The lowest BCUT2D eigenvalue weighted by Gasteiger charge is -2.14. The normalized spacial score (nSPS) is 17.2. The molecule has 3 amide bonds. The van der Waals surface area contributed by atoms with E-state index in [2.05, 4.69) is 5.32 Å². The van der Waals surface area contributed by atoms with Gasteiger partial charge in [0.2, 0.25) is 5.91 Å². The Morgan fingerprint density at radius 3 is 1.88 bits per heavy atom. The van der Waals surface area contributed by atoms with Gasteiger partial charge in [-0.15, -0.1) is 0 Å². The maximum atomic E-state index is 13.1. The van der Waals surface area contributed by atoms with Gasteiger partial charge in [0, 0.05) is 37.9 Å². The molecule has 0 saturated carbocycles. The second-order valence-corrected chi connectivity index (χ2v) is 12.2. The molecular formula is C27H25N3O6S4. The van der Waals surface area contributed by atoms with Crippen LogP contribution in [-0.2, 0) is 25.6 Å². The SMILES string of the molecule is O=C(CCCN1C(=O)/C(=C2\SC(=S)N(CCCC(=O)Nc3ccccc3O)C2=O)SC1=S)Cc1ccccc1O. The Morgan fingerprint density at radius 1 is 0.775 bits per heavy atom. The molecule has 2 aliphatic rings. The molecule has 2 saturated heterocycles. The first-order valence-corrected chi connectivity index (χ1v) is 14.8. The van der Waals surface area contributed by atoms with Crippen molar-refractivity contribution < 1.29 is 29.4 Å². The van der Waals surface area contributed by atoms with Gasteiger partial charge in [0.15, 0.2) is 0 Å². The van der Waals surface area contributed by atoms with Crippen molar-refractivity contribution in [1.29, 1.82) is 0 Å². The quantitative estimate of drug-likeness (QED) is 0.191. The van der Waals surface area contributed by atoms with Gasteiger partial charge in [-0.2, -0.15) is 0 Å². The number of ketones is 1. The van der Waals surface area contributed by atoms with E-state index in [0.717, 1.165) is 23.5 Å². The fraction of sp³-hybridized carbons (Fsp3) is 0.259. The molecule has 0 spiro atoms. The molecule has 2 aromatic rings. The van der Waals surface area contributed by atoms with Crippen LogP contribution < -0.4 is 5.32 Å². The monoisotopic (exact) mass is 615 g/mol. The van der Waals surface area contributed by atoms with Crippen molar-refractivity contribution in [1.82, 2.24) is 9.80 Å². The van der Waals surface area contributed by atoms with Gasteiger partial charge < -0.3 is 15.5 Å². The molecular weight excluding hydrogens is 591 g/mol. The fourth-order valence-electron chi connectivity index (χ4n) is 4.04. The highest BCUT2D eigenvalue weighted by atomic mass is 32.2. The molecule has 2 aliphatic heterocycles. The molecule has 13 heteroatoms. The van der Waals surface area contributed by atoms with Crippen molar-refractivity contribution in [3.05, 3.63) is 63.9 Å². The smallest absolute Gasteiger partial charge is 0.267 e. The standard InChI is InChI=1S/C27H25N3O6S4/c31-17(15-16-7-1-3-10-19(16)32)8-5-13-29-24(35)22(39-26(29)37)23-25(36)30(27(38)40-23)14-6-12-21(34)28-18-9-2-4-11-20(18)33/h1-4,7,9-11,32-33H,5-6,8,12-15H2,(H,28,34)/b23-22+. The zero-order valence-electron chi connectivity index (χ0n) is 21.1. The highest BCUT2D eigenvalue weighted by molar-refractivity contribution is 8.29. The summed E-state index contributed by atoms with van der Waals surface area (Å²) >= 11 is 12.8. The second kappa shape index (κ2) is 13.4. The summed E-state index contributed by atoms with van der Waals surface area (Å²) in [6.45, 7) is 0.425. The molecule has 0 aromatic heterocycles. The number of rotatable bonds is 11. The molecule has 208 valence electrons. The molecule has 2 fully saturated rings. The van der Waals surface area contributed by atoms with E-state index in [9.17, 15) is 29.4 Å². The lowest BCUT2D eigenvalue weighted by Crippen LogP contribution is -2.31. The molecule has 0 atom stereocenters. The number of benzene rings is 2. The lowest BCUT2D eigenvalue weighted by molar-refractivity contribution is -0.125. The Bertz CT molecular complexity index is 1320. The Labute approximate surface area is 250 Å². The zero-order chi connectivity index (χ0) is 28.8. The first-order valence-electron chi connectivity index (χ1n) is 12.3. The number of hydrogen-bond donors (Lipinski definition) is 3. The first kappa shape index (κ1) is 29.7. The van der Waals surface area contributed by atoms with E-state index >= 15 is 0 Å². The van der Waals surface area contributed by atoms with Crippen molar-refractivity contribution in [3.8, 4) is 11.5 Å². The predicted octanol–water partition coefficient (Wildman–Crippen LogP) is 4.34. The number of carbonyl (C=O) groups is 4. The topological polar surface area (TPSA) is 127 Å². The number of carbonyl (C=O) groups excluding carboxylic acids is 4. The summed E-state index contributed by atoms with van der Waals surface area (Å²) in [4.78, 5) is 54.0. The Morgan fingerprint density at radius 2 is 1.30 bits per heavy atom. The summed E-state index contributed by atoms with van der Waals surface area (Å²) in [6, 6.07) is 13.0. The number of aromatic hydroxyl groups is 2. The average Bonchev–Trinajstić information content (AvgIpc) is 3.35. The van der Waals surface area contributed by atoms with E-state index in [1.54, 1.807) is 36.4 Å². The van der Waals surface area contributed by atoms with Crippen LogP contribution in [0.25, 0.3) is 0 Å². The number of amides is 3. The average molecular weight is 616 g/mol. The van der Waals surface area contributed by atoms with Gasteiger partial charge in [-0.3, -0.25) is 29.0 Å². The van der Waals surface area contributed by atoms with E-state index < -0.39 is 11.8 Å². The largest absolute Gasteiger partial charge is 0.508 e. The predicted molar refractivity (Wildman–Crippen MR) is 163 cm³/mol. The van der Waals surface area contributed by atoms with Crippen LogP contribution in [0.1, 0.15) is 31.2 Å². The minimum atomic E-state index is -0.408. The van der Waals surface area contributed by atoms with Gasteiger partial charge in [-0.1, -0.05) is 78.3 Å². The van der Waals surface area contributed by atoms with Gasteiger partial charge in [0.25, 0.3) is 11.8 Å². The molecule has 4 rings (SSSR count). The summed E-state index contributed by atoms with van der Waals surface area (Å²) in [5, 5.41) is 22.3. The highest BCUT2D eigenvalue weighted by Crippen LogP contribution is 2.42. The van der Waals surface area contributed by atoms with Crippen LogP contribution in [-0.4, -0.2) is 65.2 Å². The van der Waals surface area contributed by atoms with Gasteiger partial charge in [0.1, 0.15) is 25.9 Å². The van der Waals surface area contributed by atoms with Crippen LogP contribution in [0, 0.1) is 0 Å². The number of anilines is 1. The number of para-hydroxylation sites is 3. The molecule has 40 heavy (non-hydrogen) atoms. The van der Waals surface area contributed by atoms with Crippen molar-refractivity contribution in [2.24, 2.45) is 0 Å². The van der Waals surface area contributed by atoms with E-state index in [1.807, 2.05) is 0 Å². The van der Waals surface area contributed by atoms with Gasteiger partial charge in [-0.25, -0.2) is 0 Å². The summed E-state index contributed by atoms with van der Waals surface area (Å²) in [5.41, 5.74) is 0.858. The molecule has 0 bridgehead atoms. The van der Waals surface area contributed by atoms with Crippen molar-refractivity contribution in [3.63, 3.8) is 0 Å². The molecule has 2 heterocycles. The molecule has 3 N–H and O–H groups in total. The van der Waals surface area contributed by atoms with Crippen LogP contribution in [0.2, 0.25) is 0 Å². The van der Waals surface area contributed by atoms with E-state index in [4.69, 9.17) is 24.4 Å². The zero-order valence-corrected chi connectivity index (χ0v) is 24.4. The van der Waals surface area contributed by atoms with Crippen molar-refractivity contribution >= 4 is 85.8 Å².